The van der Waals surface area contributed by atoms with E-state index < -0.39 is 17.0 Å². The van der Waals surface area contributed by atoms with Gasteiger partial charge in [0.1, 0.15) is 0 Å². The quantitative estimate of drug-likeness (QED) is 0.235. The van der Waals surface area contributed by atoms with E-state index in [0.717, 1.165) is 13.8 Å². The number of carbonyl (C=O) groups is 2. The standard InChI is InChI=1S/2C2H4O2.Mg.NO3.Rh.Sr/c2*1-2(3)4;;2-1(3)4;;/h2*1H3,(H,3,4);;;;/q;;+2;-1;+3;+2/p-2. The van der Waals surface area contributed by atoms with Crippen molar-refractivity contribution in [2.75, 3.05) is 0 Å². The monoisotopic (exact) mass is 395 g/mol. The molecule has 15 heavy (non-hydrogen) atoms. The fourth-order valence-corrected chi connectivity index (χ4v) is 0. The third-order valence-electron chi connectivity index (χ3n) is 0. The number of rotatable bonds is 0. The van der Waals surface area contributed by atoms with Gasteiger partial charge in [0.25, 0.3) is 0 Å². The van der Waals surface area contributed by atoms with E-state index in [2.05, 4.69) is 0 Å². The minimum absolute atomic E-state index is 0. The number of aliphatic carboxylic acids is 2. The van der Waals surface area contributed by atoms with Gasteiger partial charge >= 0.3 is 88.0 Å². The Kier molecular flexibility index (Phi) is 70.6. The Morgan fingerprint density at radius 2 is 1.00 bits per heavy atom. The van der Waals surface area contributed by atoms with Crippen molar-refractivity contribution in [3.05, 3.63) is 15.3 Å². The third-order valence-corrected chi connectivity index (χ3v) is 0. The van der Waals surface area contributed by atoms with E-state index >= 15 is 0 Å². The Labute approximate surface area is 152 Å². The Morgan fingerprint density at radius 1 is 1.00 bits per heavy atom. The van der Waals surface area contributed by atoms with Gasteiger partial charge in [-0.2, -0.15) is 0 Å². The van der Waals surface area contributed by atoms with Gasteiger partial charge in [0.2, 0.25) is 0 Å². The van der Waals surface area contributed by atoms with Crippen LogP contribution < -0.4 is 10.2 Å². The van der Waals surface area contributed by atoms with Crippen LogP contribution in [0, 0.1) is 15.3 Å². The van der Waals surface area contributed by atoms with Crippen LogP contribution in [0.3, 0.4) is 0 Å². The molecule has 0 N–H and O–H groups in total. The first-order valence-electron chi connectivity index (χ1n) is 2.36. The van der Waals surface area contributed by atoms with Crippen LogP contribution in [0.25, 0.3) is 0 Å². The van der Waals surface area contributed by atoms with Crippen molar-refractivity contribution in [2.24, 2.45) is 0 Å². The number of carboxylic acid groups (broad SMARTS) is 2. The zero-order valence-electron chi connectivity index (χ0n) is 8.05. The molecular formula is C4H6MgNO7RhSr+4. The van der Waals surface area contributed by atoms with Gasteiger partial charge in [-0.3, -0.25) is 0 Å². The first kappa shape index (κ1) is 36.0. The van der Waals surface area contributed by atoms with Crippen LogP contribution in [0.4, 0.5) is 0 Å². The Bertz CT molecular complexity index is 129. The van der Waals surface area contributed by atoms with Gasteiger partial charge < -0.3 is 35.1 Å². The topological polar surface area (TPSA) is 146 Å². The van der Waals surface area contributed by atoms with E-state index in [0.29, 0.717) is 0 Å². The van der Waals surface area contributed by atoms with Crippen molar-refractivity contribution in [1.29, 1.82) is 0 Å². The van der Waals surface area contributed by atoms with Crippen LogP contribution in [0.2, 0.25) is 0 Å². The van der Waals surface area contributed by atoms with Crippen LogP contribution in [0.1, 0.15) is 13.8 Å². The summed E-state index contributed by atoms with van der Waals surface area (Å²) in [6, 6.07) is 0. The number of hydrogen-bond acceptors (Lipinski definition) is 7. The maximum absolute atomic E-state index is 8.89. The van der Waals surface area contributed by atoms with Crippen molar-refractivity contribution in [3.8, 4) is 0 Å². The predicted molar refractivity (Wildman–Crippen MR) is 43.2 cm³/mol. The van der Waals surface area contributed by atoms with Gasteiger partial charge in [0, 0.05) is 11.9 Å². The molecule has 0 aliphatic carbocycles. The Balaban J connectivity index is -0.0000000184. The third kappa shape index (κ3) is 2490. The molecule has 0 aromatic carbocycles. The molecule has 0 saturated carbocycles. The summed E-state index contributed by atoms with van der Waals surface area (Å²) in [5.74, 6) is -2.17. The van der Waals surface area contributed by atoms with E-state index in [-0.39, 0.29) is 88.0 Å². The zero-order chi connectivity index (χ0) is 10.7. The fraction of sp³-hybridized carbons (Fsp3) is 0.500. The summed E-state index contributed by atoms with van der Waals surface area (Å²) < 4.78 is 0. The molecular weight excluding hydrogens is 389 g/mol. The van der Waals surface area contributed by atoms with E-state index in [1.165, 1.54) is 0 Å². The number of hydrogen-bond donors (Lipinski definition) is 0. The number of carbonyl (C=O) groups excluding carboxylic acids is 2. The molecule has 0 atom stereocenters. The van der Waals surface area contributed by atoms with Crippen molar-refractivity contribution in [1.82, 2.24) is 0 Å². The van der Waals surface area contributed by atoms with Gasteiger partial charge in [-0.05, 0) is 13.8 Å². The van der Waals surface area contributed by atoms with Crippen LogP contribution in [0.15, 0.2) is 0 Å². The SMILES string of the molecule is CC(=O)[O-].CC(=O)[O-].O=[N+]([O-])[O-].[Mg+2].[Rh+3].[Sr+2]. The number of nitrogens with zero attached hydrogens (tertiary/aromatic N) is 1. The van der Waals surface area contributed by atoms with E-state index in [4.69, 9.17) is 35.1 Å². The smallest absolute Gasteiger partial charge is 0.550 e. The molecule has 0 radical (unpaired) electrons. The second-order valence-electron chi connectivity index (χ2n) is 1.21. The van der Waals surface area contributed by atoms with E-state index in [1.807, 2.05) is 0 Å². The molecule has 0 aromatic rings. The first-order valence-corrected chi connectivity index (χ1v) is 2.36. The largest absolute Gasteiger partial charge is 3.00 e. The molecule has 0 rings (SSSR count). The van der Waals surface area contributed by atoms with E-state index in [9.17, 15) is 0 Å². The van der Waals surface area contributed by atoms with Gasteiger partial charge in [0.05, 0.1) is 5.09 Å². The number of carboxylic acids is 2. The van der Waals surface area contributed by atoms with Crippen LogP contribution in [0.5, 0.6) is 0 Å². The van der Waals surface area contributed by atoms with Gasteiger partial charge in [-0.1, -0.05) is 0 Å². The molecule has 0 aliphatic heterocycles. The average Bonchev–Trinajstić information content (AvgIpc) is 1.54. The Morgan fingerprint density at radius 3 is 1.00 bits per heavy atom. The maximum atomic E-state index is 8.89. The molecule has 11 heteroatoms. The predicted octanol–water partition coefficient (Wildman–Crippen LogP) is -3.49. The van der Waals surface area contributed by atoms with Crippen molar-refractivity contribution >= 4 is 80.5 Å². The molecule has 0 aliphatic rings. The van der Waals surface area contributed by atoms with E-state index in [1.54, 1.807) is 0 Å². The minimum Gasteiger partial charge on any atom is -0.550 e. The summed E-state index contributed by atoms with van der Waals surface area (Å²) in [5, 5.41) is 32.5. The summed E-state index contributed by atoms with van der Waals surface area (Å²) in [6.07, 6.45) is 0. The second kappa shape index (κ2) is 29.4. The molecule has 0 bridgehead atoms. The summed E-state index contributed by atoms with van der Waals surface area (Å²) in [4.78, 5) is 26.0. The normalized spacial score (nSPS) is 4.93. The van der Waals surface area contributed by atoms with Gasteiger partial charge in [-0.25, -0.2) is 0 Å². The van der Waals surface area contributed by atoms with Crippen molar-refractivity contribution in [3.63, 3.8) is 0 Å². The summed E-state index contributed by atoms with van der Waals surface area (Å²) >= 11 is 0. The van der Waals surface area contributed by atoms with Gasteiger partial charge in [-0.15, -0.1) is 0 Å². The molecule has 8 nitrogen and oxygen atoms in total. The van der Waals surface area contributed by atoms with Crippen LogP contribution in [-0.4, -0.2) is 85.6 Å². The second-order valence-corrected chi connectivity index (χ2v) is 1.21. The van der Waals surface area contributed by atoms with Crippen molar-refractivity contribution in [2.45, 2.75) is 13.8 Å². The van der Waals surface area contributed by atoms with Crippen LogP contribution in [-0.2, 0) is 29.1 Å². The molecule has 0 saturated heterocycles. The molecule has 0 heterocycles. The molecule has 78 valence electrons. The molecule has 0 aromatic heterocycles. The van der Waals surface area contributed by atoms with Gasteiger partial charge in [0.15, 0.2) is 0 Å². The molecule has 0 fully saturated rings. The van der Waals surface area contributed by atoms with Crippen molar-refractivity contribution < 1.29 is 44.4 Å². The molecule has 0 unspecified atom stereocenters. The molecule has 0 amide bonds. The summed E-state index contributed by atoms with van der Waals surface area (Å²) in [5.41, 5.74) is 0. The minimum atomic E-state index is -1.75. The summed E-state index contributed by atoms with van der Waals surface area (Å²) in [6.45, 7) is 1.94. The first-order chi connectivity index (χ1) is 5.20. The fourth-order valence-electron chi connectivity index (χ4n) is 0. The zero-order valence-corrected chi connectivity index (χ0v) is 14.6. The Hall–Kier alpha value is 1.01. The van der Waals surface area contributed by atoms with Crippen LogP contribution >= 0.6 is 0 Å². The summed E-state index contributed by atoms with van der Waals surface area (Å²) in [7, 11) is 0. The maximum Gasteiger partial charge on any atom is 3.00 e. The molecule has 0 spiro atoms. The average molecular weight is 395 g/mol.